The van der Waals surface area contributed by atoms with Gasteiger partial charge in [0.1, 0.15) is 5.75 Å². The van der Waals surface area contributed by atoms with E-state index in [1.807, 2.05) is 0 Å². The molecule has 0 N–H and O–H groups in total. The molecule has 1 saturated heterocycles. The average Bonchev–Trinajstić information content (AvgIpc) is 2.72. The Morgan fingerprint density at radius 2 is 1.82 bits per heavy atom. The molecule has 150 valence electrons. The van der Waals surface area contributed by atoms with Gasteiger partial charge in [-0.1, -0.05) is 35.3 Å². The van der Waals surface area contributed by atoms with Crippen LogP contribution in [0, 0.1) is 0 Å². The number of hydrogen-bond donors (Lipinski definition) is 0. The molecule has 7 heteroatoms. The van der Waals surface area contributed by atoms with E-state index in [-0.39, 0.29) is 12.5 Å². The lowest BCUT2D eigenvalue weighted by atomic mass is 10.1. The summed E-state index contributed by atoms with van der Waals surface area (Å²) in [7, 11) is 1.80. The van der Waals surface area contributed by atoms with Gasteiger partial charge >= 0.3 is 0 Å². The van der Waals surface area contributed by atoms with Gasteiger partial charge in [0, 0.05) is 38.4 Å². The summed E-state index contributed by atoms with van der Waals surface area (Å²) in [6.45, 7) is 4.21. The number of amides is 1. The zero-order chi connectivity index (χ0) is 19.9. The van der Waals surface area contributed by atoms with Crippen molar-refractivity contribution < 1.29 is 14.3 Å². The maximum atomic E-state index is 12.3. The number of ether oxygens (including phenoxy) is 2. The van der Waals surface area contributed by atoms with Crippen molar-refractivity contribution in [3.05, 3.63) is 58.1 Å². The Morgan fingerprint density at radius 3 is 2.50 bits per heavy atom. The van der Waals surface area contributed by atoms with Gasteiger partial charge in [-0.25, -0.2) is 0 Å². The Hall–Kier alpha value is -1.95. The second kappa shape index (κ2) is 10.0. The molecule has 0 spiro atoms. The van der Waals surface area contributed by atoms with Crippen molar-refractivity contribution in [3.8, 4) is 5.75 Å². The van der Waals surface area contributed by atoms with Crippen molar-refractivity contribution in [2.45, 2.75) is 13.0 Å². The molecule has 0 saturated carbocycles. The first kappa shape index (κ1) is 20.8. The molecule has 1 aliphatic heterocycles. The highest BCUT2D eigenvalue weighted by Crippen LogP contribution is 2.26. The van der Waals surface area contributed by atoms with Crippen molar-refractivity contribution in [1.29, 1.82) is 0 Å². The molecule has 0 radical (unpaired) electrons. The summed E-state index contributed by atoms with van der Waals surface area (Å²) in [6.07, 6.45) is 0.294. The SMILES string of the molecule is CN(Cc1ccc(N2CCOCC2)cc1)C(=O)CCOc1ccc(Cl)c(Cl)c1. The monoisotopic (exact) mass is 422 g/mol. The maximum absolute atomic E-state index is 12.3. The lowest BCUT2D eigenvalue weighted by molar-refractivity contribution is -0.130. The predicted octanol–water partition coefficient (Wildman–Crippen LogP) is 4.26. The molecule has 1 aliphatic rings. The fourth-order valence-electron chi connectivity index (χ4n) is 3.01. The summed E-state index contributed by atoms with van der Waals surface area (Å²) in [5, 5.41) is 0.910. The van der Waals surface area contributed by atoms with Crippen LogP contribution < -0.4 is 9.64 Å². The van der Waals surface area contributed by atoms with Gasteiger partial charge in [0.2, 0.25) is 5.91 Å². The van der Waals surface area contributed by atoms with Crippen LogP contribution in [0.3, 0.4) is 0 Å². The highest BCUT2D eigenvalue weighted by molar-refractivity contribution is 6.42. The minimum absolute atomic E-state index is 0.0253. The Kier molecular flexibility index (Phi) is 7.43. The van der Waals surface area contributed by atoms with E-state index in [0.29, 0.717) is 28.8 Å². The summed E-state index contributed by atoms with van der Waals surface area (Å²) < 4.78 is 11.0. The van der Waals surface area contributed by atoms with Crippen molar-refractivity contribution in [2.24, 2.45) is 0 Å². The molecule has 1 amide bonds. The molecular formula is C21H24Cl2N2O3. The Morgan fingerprint density at radius 1 is 1.11 bits per heavy atom. The number of nitrogens with zero attached hydrogens (tertiary/aromatic N) is 2. The zero-order valence-electron chi connectivity index (χ0n) is 15.9. The average molecular weight is 423 g/mol. The third-order valence-corrected chi connectivity index (χ3v) is 5.37. The first-order valence-corrected chi connectivity index (χ1v) is 10.0. The summed E-state index contributed by atoms with van der Waals surface area (Å²) in [6, 6.07) is 13.4. The van der Waals surface area contributed by atoms with E-state index in [2.05, 4.69) is 29.2 Å². The van der Waals surface area contributed by atoms with Crippen LogP contribution in [0.15, 0.2) is 42.5 Å². The smallest absolute Gasteiger partial charge is 0.226 e. The molecular weight excluding hydrogens is 399 g/mol. The maximum Gasteiger partial charge on any atom is 0.226 e. The molecule has 1 heterocycles. The number of morpholine rings is 1. The van der Waals surface area contributed by atoms with Crippen LogP contribution in [0.25, 0.3) is 0 Å². The van der Waals surface area contributed by atoms with Crippen molar-refractivity contribution in [2.75, 3.05) is 44.9 Å². The number of carbonyl (C=O) groups excluding carboxylic acids is 1. The third-order valence-electron chi connectivity index (χ3n) is 4.63. The van der Waals surface area contributed by atoms with Gasteiger partial charge in [0.15, 0.2) is 0 Å². The number of rotatable bonds is 7. The number of carbonyl (C=O) groups is 1. The van der Waals surface area contributed by atoms with E-state index in [1.54, 1.807) is 30.1 Å². The lowest BCUT2D eigenvalue weighted by Crippen LogP contribution is -2.36. The normalized spacial score (nSPS) is 14.0. The van der Waals surface area contributed by atoms with Crippen molar-refractivity contribution in [3.63, 3.8) is 0 Å². The largest absolute Gasteiger partial charge is 0.493 e. The molecule has 3 rings (SSSR count). The zero-order valence-corrected chi connectivity index (χ0v) is 17.4. The van der Waals surface area contributed by atoms with Crippen molar-refractivity contribution in [1.82, 2.24) is 4.90 Å². The van der Waals surface area contributed by atoms with Crippen LogP contribution in [-0.2, 0) is 16.1 Å². The summed E-state index contributed by atoms with van der Waals surface area (Å²) >= 11 is 11.8. The number of benzene rings is 2. The quantitative estimate of drug-likeness (QED) is 0.668. The fourth-order valence-corrected chi connectivity index (χ4v) is 3.30. The molecule has 2 aromatic rings. The third kappa shape index (κ3) is 5.77. The van der Waals surface area contributed by atoms with Gasteiger partial charge < -0.3 is 19.3 Å². The van der Waals surface area contributed by atoms with Gasteiger partial charge in [0.05, 0.1) is 36.3 Å². The second-order valence-electron chi connectivity index (χ2n) is 6.69. The molecule has 2 aromatic carbocycles. The Balaban J connectivity index is 1.44. The highest BCUT2D eigenvalue weighted by atomic mass is 35.5. The second-order valence-corrected chi connectivity index (χ2v) is 7.50. The van der Waals surface area contributed by atoms with E-state index < -0.39 is 0 Å². The van der Waals surface area contributed by atoms with Gasteiger partial charge in [-0.3, -0.25) is 4.79 Å². The van der Waals surface area contributed by atoms with Gasteiger partial charge in [-0.05, 0) is 29.8 Å². The molecule has 28 heavy (non-hydrogen) atoms. The Labute approximate surface area is 175 Å². The molecule has 5 nitrogen and oxygen atoms in total. The van der Waals surface area contributed by atoms with E-state index in [9.17, 15) is 4.79 Å². The summed E-state index contributed by atoms with van der Waals surface area (Å²) in [4.78, 5) is 16.4. The summed E-state index contributed by atoms with van der Waals surface area (Å²) in [5.41, 5.74) is 2.29. The fraction of sp³-hybridized carbons (Fsp3) is 0.381. The van der Waals surface area contributed by atoms with E-state index in [4.69, 9.17) is 32.7 Å². The van der Waals surface area contributed by atoms with Crippen LogP contribution in [0.4, 0.5) is 5.69 Å². The van der Waals surface area contributed by atoms with Crippen LogP contribution in [0.2, 0.25) is 10.0 Å². The van der Waals surface area contributed by atoms with Crippen molar-refractivity contribution >= 4 is 34.8 Å². The molecule has 0 aliphatic carbocycles. The standard InChI is InChI=1S/C21H24Cl2N2O3/c1-24(21(26)8-11-28-18-6-7-19(22)20(23)14-18)15-16-2-4-17(5-3-16)25-9-12-27-13-10-25/h2-7,14H,8-13,15H2,1H3. The van der Waals surface area contributed by atoms with Gasteiger partial charge in [0.25, 0.3) is 0 Å². The number of anilines is 1. The molecule has 0 atom stereocenters. The first-order valence-electron chi connectivity index (χ1n) is 9.26. The van der Waals surface area contributed by atoms with Crippen LogP contribution >= 0.6 is 23.2 Å². The predicted molar refractivity (Wildman–Crippen MR) is 113 cm³/mol. The Bertz CT molecular complexity index is 793. The number of halogens is 2. The topological polar surface area (TPSA) is 42.0 Å². The van der Waals surface area contributed by atoms with Crippen LogP contribution in [0.5, 0.6) is 5.75 Å². The molecule has 0 bridgehead atoms. The first-order chi connectivity index (χ1) is 13.5. The van der Waals surface area contributed by atoms with E-state index in [0.717, 1.165) is 31.9 Å². The van der Waals surface area contributed by atoms with E-state index >= 15 is 0 Å². The number of hydrogen-bond acceptors (Lipinski definition) is 4. The highest BCUT2D eigenvalue weighted by Gasteiger charge is 2.13. The van der Waals surface area contributed by atoms with Gasteiger partial charge in [-0.2, -0.15) is 0 Å². The van der Waals surface area contributed by atoms with Gasteiger partial charge in [-0.15, -0.1) is 0 Å². The lowest BCUT2D eigenvalue weighted by Gasteiger charge is -2.29. The van der Waals surface area contributed by atoms with Crippen LogP contribution in [-0.4, -0.2) is 50.8 Å². The van der Waals surface area contributed by atoms with Crippen LogP contribution in [0.1, 0.15) is 12.0 Å². The molecule has 1 fully saturated rings. The molecule has 0 aromatic heterocycles. The van der Waals surface area contributed by atoms with E-state index in [1.165, 1.54) is 5.69 Å². The molecule has 0 unspecified atom stereocenters. The minimum Gasteiger partial charge on any atom is -0.493 e. The minimum atomic E-state index is 0.0253. The summed E-state index contributed by atoms with van der Waals surface area (Å²) in [5.74, 6) is 0.626.